The molecule has 0 saturated carbocycles. The number of aromatic hydroxyl groups is 1. The number of benzene rings is 1. The zero-order chi connectivity index (χ0) is 23.1. The van der Waals surface area contributed by atoms with Gasteiger partial charge in [0.15, 0.2) is 12.0 Å². The van der Waals surface area contributed by atoms with Crippen LogP contribution in [0.3, 0.4) is 0 Å². The van der Waals surface area contributed by atoms with Crippen LogP contribution in [0.4, 0.5) is 9.18 Å². The molecule has 2 N–H and O–H groups in total. The topological polar surface area (TPSA) is 126 Å². The van der Waals surface area contributed by atoms with Gasteiger partial charge in [-0.25, -0.2) is 14.2 Å². The van der Waals surface area contributed by atoms with Crippen molar-refractivity contribution in [3.8, 4) is 34.1 Å². The lowest BCUT2D eigenvalue weighted by Crippen LogP contribution is -2.62. The molecule has 4 unspecified atom stereocenters. The number of ether oxygens (including phenoxy) is 1. The molecule has 1 amide bonds. The predicted octanol–water partition coefficient (Wildman–Crippen LogP) is 3.04. The average Bonchev–Trinajstić information content (AvgIpc) is 3.24. The number of aromatic nitrogens is 5. The minimum Gasteiger partial charge on any atom is -0.507 e. The fourth-order valence-corrected chi connectivity index (χ4v) is 4.78. The van der Waals surface area contributed by atoms with Gasteiger partial charge >= 0.3 is 6.09 Å². The number of carbonyl (C=O) groups is 1. The molecule has 172 valence electrons. The second-order valence-electron chi connectivity index (χ2n) is 8.43. The summed E-state index contributed by atoms with van der Waals surface area (Å²) < 4.78 is 22.5. The molecule has 4 atom stereocenters. The maximum absolute atomic E-state index is 15.1. The van der Waals surface area contributed by atoms with Gasteiger partial charge in [-0.2, -0.15) is 5.10 Å². The maximum atomic E-state index is 15.1. The molecule has 4 heterocycles. The summed E-state index contributed by atoms with van der Waals surface area (Å²) >= 11 is 0. The summed E-state index contributed by atoms with van der Waals surface area (Å²) in [5, 5.41) is 32.1. The summed E-state index contributed by atoms with van der Waals surface area (Å²) in [6, 6.07) is 4.13. The monoisotopic (exact) mass is 454 g/mol. The third-order valence-corrected chi connectivity index (χ3v) is 6.33. The van der Waals surface area contributed by atoms with Crippen molar-refractivity contribution in [2.75, 3.05) is 0 Å². The number of aryl methyl sites for hydroxylation is 1. The lowest BCUT2D eigenvalue weighted by molar-refractivity contribution is -0.0634. The Bertz CT molecular complexity index is 1170. The molecule has 3 aromatic rings. The van der Waals surface area contributed by atoms with Gasteiger partial charge in [0.1, 0.15) is 11.9 Å². The lowest BCUT2D eigenvalue weighted by atomic mass is 9.82. The first-order chi connectivity index (χ1) is 15.9. The van der Waals surface area contributed by atoms with Gasteiger partial charge in [0.25, 0.3) is 5.88 Å². The highest BCUT2D eigenvalue weighted by Gasteiger charge is 2.48. The number of phenolic OH excluding ortho intramolecular Hbond substituents is 1. The SMILES string of the molecule is Cn1cc(-c2ccc(-c3ncc(OC4CC5CCCC(C4F)N5C(=O)O)nn3)c(O)c2)cn1. The number of piperidine rings is 2. The molecule has 0 radical (unpaired) electrons. The van der Waals surface area contributed by atoms with Crippen molar-refractivity contribution in [1.82, 2.24) is 29.9 Å². The Morgan fingerprint density at radius 1 is 1.21 bits per heavy atom. The summed E-state index contributed by atoms with van der Waals surface area (Å²) in [5.74, 6) is 0.246. The zero-order valence-electron chi connectivity index (χ0n) is 17.9. The summed E-state index contributed by atoms with van der Waals surface area (Å²) in [4.78, 5) is 17.0. The van der Waals surface area contributed by atoms with Crippen LogP contribution >= 0.6 is 0 Å². The molecule has 2 saturated heterocycles. The van der Waals surface area contributed by atoms with Crippen molar-refractivity contribution >= 4 is 6.09 Å². The van der Waals surface area contributed by atoms with E-state index in [2.05, 4.69) is 20.3 Å². The van der Waals surface area contributed by atoms with E-state index in [1.54, 1.807) is 23.0 Å². The molecule has 2 aliphatic rings. The Morgan fingerprint density at radius 3 is 2.73 bits per heavy atom. The van der Waals surface area contributed by atoms with Crippen molar-refractivity contribution in [3.63, 3.8) is 0 Å². The van der Waals surface area contributed by atoms with E-state index < -0.39 is 24.4 Å². The van der Waals surface area contributed by atoms with E-state index in [1.807, 2.05) is 19.3 Å². The number of amides is 1. The van der Waals surface area contributed by atoms with Gasteiger partial charge in [-0.1, -0.05) is 6.07 Å². The number of nitrogens with zero attached hydrogens (tertiary/aromatic N) is 6. The fraction of sp³-hybridized carbons (Fsp3) is 0.409. The summed E-state index contributed by atoms with van der Waals surface area (Å²) in [6.45, 7) is 0. The van der Waals surface area contributed by atoms with Crippen LogP contribution in [0, 0.1) is 0 Å². The smallest absolute Gasteiger partial charge is 0.407 e. The Morgan fingerprint density at radius 2 is 2.06 bits per heavy atom. The van der Waals surface area contributed by atoms with E-state index >= 15 is 4.39 Å². The van der Waals surface area contributed by atoms with Gasteiger partial charge in [0.05, 0.1) is 24.0 Å². The van der Waals surface area contributed by atoms with Crippen molar-refractivity contribution < 1.29 is 24.1 Å². The highest BCUT2D eigenvalue weighted by Crippen LogP contribution is 2.37. The molecule has 5 rings (SSSR count). The molecule has 2 fully saturated rings. The summed E-state index contributed by atoms with van der Waals surface area (Å²) in [5.41, 5.74) is 2.06. The van der Waals surface area contributed by atoms with E-state index in [1.165, 1.54) is 11.1 Å². The Balaban J connectivity index is 1.31. The Kier molecular flexibility index (Phi) is 5.31. The second-order valence-corrected chi connectivity index (χ2v) is 8.43. The number of halogens is 1. The average molecular weight is 454 g/mol. The van der Waals surface area contributed by atoms with Crippen LogP contribution in [0.1, 0.15) is 25.7 Å². The van der Waals surface area contributed by atoms with Gasteiger partial charge < -0.3 is 14.9 Å². The molecule has 0 spiro atoms. The van der Waals surface area contributed by atoms with Gasteiger partial charge in [-0.15, -0.1) is 10.2 Å². The molecule has 33 heavy (non-hydrogen) atoms. The molecular weight excluding hydrogens is 431 g/mol. The van der Waals surface area contributed by atoms with Crippen molar-refractivity contribution in [3.05, 3.63) is 36.8 Å². The van der Waals surface area contributed by atoms with E-state index in [0.717, 1.165) is 17.5 Å². The summed E-state index contributed by atoms with van der Waals surface area (Å²) in [7, 11) is 1.81. The van der Waals surface area contributed by atoms with Crippen LogP contribution in [0.25, 0.3) is 22.5 Å². The molecular formula is C22H23FN6O4. The number of rotatable bonds is 4. The number of hydrogen-bond donors (Lipinski definition) is 2. The molecule has 2 aliphatic heterocycles. The highest BCUT2D eigenvalue weighted by molar-refractivity contribution is 5.72. The van der Waals surface area contributed by atoms with E-state index in [0.29, 0.717) is 18.4 Å². The van der Waals surface area contributed by atoms with Crippen LogP contribution in [0.2, 0.25) is 0 Å². The predicted molar refractivity (Wildman–Crippen MR) is 114 cm³/mol. The molecule has 2 aromatic heterocycles. The third kappa shape index (κ3) is 3.94. The van der Waals surface area contributed by atoms with Gasteiger partial charge in [0.2, 0.25) is 0 Å². The Hall–Kier alpha value is -3.76. The first-order valence-electron chi connectivity index (χ1n) is 10.7. The van der Waals surface area contributed by atoms with Crippen LogP contribution in [0.15, 0.2) is 36.8 Å². The lowest BCUT2D eigenvalue weighted by Gasteiger charge is -2.48. The first kappa shape index (κ1) is 21.1. The maximum Gasteiger partial charge on any atom is 0.407 e. The van der Waals surface area contributed by atoms with Crippen LogP contribution < -0.4 is 4.74 Å². The van der Waals surface area contributed by atoms with Crippen molar-refractivity contribution in [2.24, 2.45) is 7.05 Å². The van der Waals surface area contributed by atoms with Crippen LogP contribution in [-0.2, 0) is 7.05 Å². The van der Waals surface area contributed by atoms with Gasteiger partial charge in [-0.05, 0) is 37.0 Å². The van der Waals surface area contributed by atoms with Crippen molar-refractivity contribution in [1.29, 1.82) is 0 Å². The number of fused-ring (bicyclic) bond motifs is 2. The highest BCUT2D eigenvalue weighted by atomic mass is 19.1. The number of phenols is 1. The first-order valence-corrected chi connectivity index (χ1v) is 10.7. The van der Waals surface area contributed by atoms with Crippen molar-refractivity contribution in [2.45, 2.75) is 50.0 Å². The van der Waals surface area contributed by atoms with Crippen LogP contribution in [0.5, 0.6) is 11.6 Å². The minimum absolute atomic E-state index is 0.00971. The fourth-order valence-electron chi connectivity index (χ4n) is 4.78. The largest absolute Gasteiger partial charge is 0.507 e. The molecule has 2 bridgehead atoms. The zero-order valence-corrected chi connectivity index (χ0v) is 17.9. The number of alkyl halides is 1. The van der Waals surface area contributed by atoms with Gasteiger partial charge in [-0.3, -0.25) is 9.58 Å². The Labute approximate surface area is 188 Å². The normalized spacial score (nSPS) is 24.5. The second kappa shape index (κ2) is 8.30. The standard InChI is InChI=1S/C22H23FN6O4/c1-28-11-13(9-25-28)12-5-6-15(17(30)7-12)21-24-10-19(26-27-21)33-18-8-14-3-2-4-16(20(18)23)29(14)22(31)32/h5-7,9-11,14,16,18,20,30H,2-4,8H2,1H3,(H,31,32). The summed E-state index contributed by atoms with van der Waals surface area (Å²) in [6.07, 6.45) is 3.72. The van der Waals surface area contributed by atoms with E-state index in [-0.39, 0.29) is 29.9 Å². The quantitative estimate of drug-likeness (QED) is 0.616. The van der Waals surface area contributed by atoms with Crippen LogP contribution in [-0.4, -0.2) is 70.5 Å². The number of hydrogen-bond acceptors (Lipinski definition) is 7. The molecule has 11 heteroatoms. The molecule has 0 aliphatic carbocycles. The number of carboxylic acid groups (broad SMARTS) is 1. The van der Waals surface area contributed by atoms with Gasteiger partial charge in [0, 0.05) is 31.3 Å². The van der Waals surface area contributed by atoms with E-state index in [9.17, 15) is 15.0 Å². The molecule has 10 nitrogen and oxygen atoms in total. The molecule has 1 aromatic carbocycles. The third-order valence-electron chi connectivity index (χ3n) is 6.33. The minimum atomic E-state index is -1.46. The van der Waals surface area contributed by atoms with E-state index in [4.69, 9.17) is 4.74 Å².